The molecule has 22 heavy (non-hydrogen) atoms. The fraction of sp³-hybridized carbons (Fsp3) is 0.786. The molecule has 0 radical (unpaired) electrons. The summed E-state index contributed by atoms with van der Waals surface area (Å²) in [5, 5.41) is 0. The zero-order valence-electron chi connectivity index (χ0n) is 14.0. The summed E-state index contributed by atoms with van der Waals surface area (Å²) in [6.45, 7) is 5.17. The number of imidazole rings is 1. The van der Waals surface area contributed by atoms with E-state index in [9.17, 15) is 8.42 Å². The standard InChI is InChI=1S/C14H26N4O3S/c1-10-11(2)16-14(15-10)13-8-12(21-5)9-18(13)6-7-22(19,20)17(3)4/h12-13H,6-9H2,1-5H3,(H,15,16)/t12-,13+/m1/s1. The SMILES string of the molecule is CO[C@@H]1C[C@@H](c2nc(C)c(C)[nH]2)N(CCS(=O)(=O)N(C)C)C1. The van der Waals surface area contributed by atoms with Gasteiger partial charge in [0.15, 0.2) is 0 Å². The second-order valence-corrected chi connectivity index (χ2v) is 8.34. The Bertz CT molecular complexity index is 592. The minimum Gasteiger partial charge on any atom is -0.380 e. The summed E-state index contributed by atoms with van der Waals surface area (Å²) in [5.74, 6) is 1.00. The van der Waals surface area contributed by atoms with Crippen LogP contribution in [0, 0.1) is 13.8 Å². The molecule has 0 aromatic carbocycles. The third kappa shape index (κ3) is 3.68. The smallest absolute Gasteiger partial charge is 0.214 e. The molecule has 2 atom stereocenters. The predicted octanol–water partition coefficient (Wildman–Crippen LogP) is 0.680. The summed E-state index contributed by atoms with van der Waals surface area (Å²) in [4.78, 5) is 10.0. The molecule has 1 aliphatic rings. The molecule has 1 saturated heterocycles. The number of likely N-dealkylation sites (tertiary alicyclic amines) is 1. The van der Waals surface area contributed by atoms with Gasteiger partial charge in [0, 0.05) is 40.0 Å². The normalized spacial score (nSPS) is 23.5. The first-order valence-corrected chi connectivity index (χ1v) is 9.05. The van der Waals surface area contributed by atoms with Gasteiger partial charge in [-0.25, -0.2) is 17.7 Å². The van der Waals surface area contributed by atoms with Crippen LogP contribution in [-0.4, -0.2) is 73.7 Å². The van der Waals surface area contributed by atoms with E-state index < -0.39 is 10.0 Å². The van der Waals surface area contributed by atoms with E-state index in [4.69, 9.17) is 4.74 Å². The monoisotopic (exact) mass is 330 g/mol. The summed E-state index contributed by atoms with van der Waals surface area (Å²) in [6, 6.07) is 0.0784. The minimum atomic E-state index is -3.20. The summed E-state index contributed by atoms with van der Waals surface area (Å²) >= 11 is 0. The van der Waals surface area contributed by atoms with E-state index in [2.05, 4.69) is 14.9 Å². The molecule has 7 nitrogen and oxygen atoms in total. The van der Waals surface area contributed by atoms with Gasteiger partial charge < -0.3 is 9.72 Å². The van der Waals surface area contributed by atoms with Gasteiger partial charge in [-0.1, -0.05) is 0 Å². The number of aromatic amines is 1. The van der Waals surface area contributed by atoms with Crippen LogP contribution in [0.1, 0.15) is 29.7 Å². The van der Waals surface area contributed by atoms with Crippen molar-refractivity contribution in [1.29, 1.82) is 0 Å². The highest BCUT2D eigenvalue weighted by molar-refractivity contribution is 7.89. The average molecular weight is 330 g/mol. The molecule has 2 rings (SSSR count). The Kier molecular flexibility index (Phi) is 5.26. The maximum absolute atomic E-state index is 12.0. The van der Waals surface area contributed by atoms with Crippen molar-refractivity contribution >= 4 is 10.0 Å². The lowest BCUT2D eigenvalue weighted by Crippen LogP contribution is -2.35. The highest BCUT2D eigenvalue weighted by Crippen LogP contribution is 2.32. The molecule has 2 heterocycles. The average Bonchev–Trinajstić information content (AvgIpc) is 3.00. The second kappa shape index (κ2) is 6.66. The van der Waals surface area contributed by atoms with Crippen molar-refractivity contribution in [3.63, 3.8) is 0 Å². The number of nitrogens with one attached hydrogen (secondary N) is 1. The van der Waals surface area contributed by atoms with Crippen LogP contribution >= 0.6 is 0 Å². The lowest BCUT2D eigenvalue weighted by molar-refractivity contribution is 0.109. The predicted molar refractivity (Wildman–Crippen MR) is 85.3 cm³/mol. The molecular weight excluding hydrogens is 304 g/mol. The zero-order chi connectivity index (χ0) is 16.5. The molecule has 0 unspecified atom stereocenters. The maximum atomic E-state index is 12.0. The largest absolute Gasteiger partial charge is 0.380 e. The van der Waals surface area contributed by atoms with Gasteiger partial charge in [0.25, 0.3) is 0 Å². The van der Waals surface area contributed by atoms with Crippen molar-refractivity contribution in [2.45, 2.75) is 32.4 Å². The lowest BCUT2D eigenvalue weighted by atomic mass is 10.2. The van der Waals surface area contributed by atoms with Crippen molar-refractivity contribution < 1.29 is 13.2 Å². The van der Waals surface area contributed by atoms with Crippen LogP contribution in [0.25, 0.3) is 0 Å². The number of nitrogens with zero attached hydrogens (tertiary/aromatic N) is 3. The second-order valence-electron chi connectivity index (χ2n) is 6.04. The van der Waals surface area contributed by atoms with Crippen LogP contribution in [0.2, 0.25) is 0 Å². The van der Waals surface area contributed by atoms with E-state index >= 15 is 0 Å². The molecule has 1 aromatic heterocycles. The van der Waals surface area contributed by atoms with E-state index in [0.29, 0.717) is 6.54 Å². The van der Waals surface area contributed by atoms with E-state index in [1.165, 1.54) is 4.31 Å². The molecule has 0 saturated carbocycles. The fourth-order valence-electron chi connectivity index (χ4n) is 2.71. The fourth-order valence-corrected chi connectivity index (χ4v) is 3.54. The molecule has 0 aliphatic carbocycles. The zero-order valence-corrected chi connectivity index (χ0v) is 14.8. The Balaban J connectivity index is 2.13. The molecular formula is C14H26N4O3S. The highest BCUT2D eigenvalue weighted by Gasteiger charge is 2.35. The van der Waals surface area contributed by atoms with E-state index in [0.717, 1.165) is 30.2 Å². The number of aromatic nitrogens is 2. The maximum Gasteiger partial charge on any atom is 0.214 e. The number of rotatable bonds is 6. The lowest BCUT2D eigenvalue weighted by Gasteiger charge is -2.23. The van der Waals surface area contributed by atoms with Gasteiger partial charge in [-0.15, -0.1) is 0 Å². The molecule has 1 aliphatic heterocycles. The van der Waals surface area contributed by atoms with E-state index in [1.54, 1.807) is 21.2 Å². The number of H-pyrrole nitrogens is 1. The molecule has 126 valence electrons. The quantitative estimate of drug-likeness (QED) is 0.830. The molecule has 1 aromatic rings. The van der Waals surface area contributed by atoms with Crippen LogP contribution in [0.3, 0.4) is 0 Å². The minimum absolute atomic E-state index is 0.0784. The van der Waals surface area contributed by atoms with Crippen LogP contribution in [-0.2, 0) is 14.8 Å². The van der Waals surface area contributed by atoms with Gasteiger partial charge >= 0.3 is 0 Å². The van der Waals surface area contributed by atoms with Crippen LogP contribution < -0.4 is 0 Å². The van der Waals surface area contributed by atoms with Gasteiger partial charge in [0.05, 0.1) is 23.6 Å². The van der Waals surface area contributed by atoms with Gasteiger partial charge in [0.1, 0.15) is 5.82 Å². The Hall–Kier alpha value is -0.960. The van der Waals surface area contributed by atoms with Crippen molar-refractivity contribution in [2.24, 2.45) is 0 Å². The van der Waals surface area contributed by atoms with Crippen LogP contribution in [0.4, 0.5) is 0 Å². The van der Waals surface area contributed by atoms with Crippen molar-refractivity contribution in [1.82, 2.24) is 19.2 Å². The summed E-state index contributed by atoms with van der Waals surface area (Å²) in [5.41, 5.74) is 2.04. The number of methoxy groups -OCH3 is 1. The van der Waals surface area contributed by atoms with E-state index in [1.807, 2.05) is 13.8 Å². The van der Waals surface area contributed by atoms with Gasteiger partial charge in [-0.2, -0.15) is 0 Å². The number of aryl methyl sites for hydroxylation is 2. The topological polar surface area (TPSA) is 78.5 Å². The number of hydrogen-bond acceptors (Lipinski definition) is 5. The molecule has 0 amide bonds. The highest BCUT2D eigenvalue weighted by atomic mass is 32.2. The first-order chi connectivity index (χ1) is 10.2. The Morgan fingerprint density at radius 3 is 2.59 bits per heavy atom. The van der Waals surface area contributed by atoms with Crippen LogP contribution in [0.5, 0.6) is 0 Å². The Morgan fingerprint density at radius 1 is 1.41 bits per heavy atom. The van der Waals surface area contributed by atoms with Gasteiger partial charge in [-0.3, -0.25) is 4.90 Å². The first-order valence-electron chi connectivity index (χ1n) is 7.44. The molecule has 0 spiro atoms. The number of sulfonamides is 1. The first kappa shape index (κ1) is 17.4. The Morgan fingerprint density at radius 2 is 2.09 bits per heavy atom. The Labute approximate surface area is 132 Å². The number of ether oxygens (including phenoxy) is 1. The van der Waals surface area contributed by atoms with Crippen molar-refractivity contribution in [3.05, 3.63) is 17.2 Å². The van der Waals surface area contributed by atoms with Gasteiger partial charge in [-0.05, 0) is 20.3 Å². The third-order valence-electron chi connectivity index (χ3n) is 4.35. The van der Waals surface area contributed by atoms with E-state index in [-0.39, 0.29) is 17.9 Å². The molecule has 1 N–H and O–H groups in total. The van der Waals surface area contributed by atoms with Crippen molar-refractivity contribution in [2.75, 3.05) is 40.0 Å². The van der Waals surface area contributed by atoms with Crippen LogP contribution in [0.15, 0.2) is 0 Å². The summed E-state index contributed by atoms with van der Waals surface area (Å²) < 4.78 is 30.7. The van der Waals surface area contributed by atoms with Gasteiger partial charge in [0.2, 0.25) is 10.0 Å². The molecule has 8 heteroatoms. The summed E-state index contributed by atoms with van der Waals surface area (Å²) in [6.07, 6.45) is 0.933. The molecule has 1 fully saturated rings. The number of hydrogen-bond donors (Lipinski definition) is 1. The third-order valence-corrected chi connectivity index (χ3v) is 6.16. The van der Waals surface area contributed by atoms with Crippen molar-refractivity contribution in [3.8, 4) is 0 Å². The molecule has 0 bridgehead atoms. The summed E-state index contributed by atoms with van der Waals surface area (Å²) in [7, 11) is 1.62.